The van der Waals surface area contributed by atoms with Crippen molar-refractivity contribution < 1.29 is 4.79 Å². The maximum absolute atomic E-state index is 13.1. The van der Waals surface area contributed by atoms with Gasteiger partial charge >= 0.3 is 0 Å². The molecule has 36 heavy (non-hydrogen) atoms. The lowest BCUT2D eigenvalue weighted by molar-refractivity contribution is 0.102. The maximum Gasteiger partial charge on any atom is 0.255 e. The Kier molecular flexibility index (Phi) is 6.34. The topological polar surface area (TPSA) is 61.7 Å². The maximum atomic E-state index is 13.1. The minimum atomic E-state index is -0.137. The van der Waals surface area contributed by atoms with E-state index >= 15 is 0 Å². The number of benzene rings is 3. The van der Waals surface area contributed by atoms with E-state index in [1.807, 2.05) is 66.7 Å². The highest BCUT2D eigenvalue weighted by Gasteiger charge is 2.17. The van der Waals surface area contributed by atoms with Gasteiger partial charge in [-0.05, 0) is 29.3 Å². The van der Waals surface area contributed by atoms with Gasteiger partial charge in [0, 0.05) is 61.1 Å². The Hall–Kier alpha value is -3.78. The normalized spacial score (nSPS) is 14.2. The fraction of sp³-hybridized carbons (Fsp3) is 0.172. The molecule has 2 N–H and O–H groups in total. The zero-order valence-corrected chi connectivity index (χ0v) is 20.7. The highest BCUT2D eigenvalue weighted by atomic mass is 32.1. The fourth-order valence-corrected chi connectivity index (χ4v) is 5.49. The second-order valence-electron chi connectivity index (χ2n) is 8.97. The number of rotatable bonds is 6. The van der Waals surface area contributed by atoms with E-state index in [-0.39, 0.29) is 5.91 Å². The first-order valence-corrected chi connectivity index (χ1v) is 13.1. The van der Waals surface area contributed by atoms with Crippen LogP contribution in [0.5, 0.6) is 0 Å². The standard InChI is InChI=1S/C29H27N5OS/c35-28(23-12-10-22(11-13-23)21-6-2-1-3-7-21)31-26-9-5-4-8-25(26)27-19-34-24(20-36-29(34)32-27)18-33-16-14-30-15-17-33/h1-13,19-20,30H,14-18H2,(H,31,35). The van der Waals surface area contributed by atoms with Gasteiger partial charge in [-0.2, -0.15) is 0 Å². The number of hydrogen-bond acceptors (Lipinski definition) is 5. The molecule has 180 valence electrons. The molecule has 1 saturated heterocycles. The summed E-state index contributed by atoms with van der Waals surface area (Å²) in [5.41, 5.74) is 6.61. The first-order chi connectivity index (χ1) is 17.7. The molecule has 1 aliphatic rings. The molecule has 6 rings (SSSR count). The zero-order valence-electron chi connectivity index (χ0n) is 19.9. The molecule has 0 saturated carbocycles. The molecule has 0 unspecified atom stereocenters. The summed E-state index contributed by atoms with van der Waals surface area (Å²) in [6, 6.07) is 25.7. The molecule has 3 heterocycles. The first kappa shape index (κ1) is 22.7. The smallest absolute Gasteiger partial charge is 0.255 e. The van der Waals surface area contributed by atoms with Crippen LogP contribution in [0.2, 0.25) is 0 Å². The summed E-state index contributed by atoms with van der Waals surface area (Å²) in [5, 5.41) is 8.70. The molecule has 0 spiro atoms. The number of para-hydroxylation sites is 1. The Morgan fingerprint density at radius 3 is 2.44 bits per heavy atom. The molecule has 1 aliphatic heterocycles. The van der Waals surface area contributed by atoms with Gasteiger partial charge in [-0.3, -0.25) is 14.1 Å². The summed E-state index contributed by atoms with van der Waals surface area (Å²) in [4.78, 5) is 21.4. The predicted molar refractivity (Wildman–Crippen MR) is 146 cm³/mol. The molecular weight excluding hydrogens is 466 g/mol. The van der Waals surface area contributed by atoms with Crippen molar-refractivity contribution >= 4 is 27.9 Å². The van der Waals surface area contributed by atoms with Crippen LogP contribution in [0.25, 0.3) is 27.3 Å². The quantitative estimate of drug-likeness (QED) is 0.333. The molecule has 1 fully saturated rings. The van der Waals surface area contributed by atoms with Crippen molar-refractivity contribution in [3.05, 3.63) is 102 Å². The number of imidazole rings is 1. The van der Waals surface area contributed by atoms with Crippen LogP contribution < -0.4 is 10.6 Å². The van der Waals surface area contributed by atoms with Crippen LogP contribution in [0.1, 0.15) is 16.1 Å². The minimum absolute atomic E-state index is 0.137. The Balaban J connectivity index is 1.22. The number of carbonyl (C=O) groups excluding carboxylic acids is 1. The third-order valence-electron chi connectivity index (χ3n) is 6.58. The number of fused-ring (bicyclic) bond motifs is 1. The van der Waals surface area contributed by atoms with Gasteiger partial charge in [-0.1, -0.05) is 60.7 Å². The van der Waals surface area contributed by atoms with Crippen molar-refractivity contribution in [2.24, 2.45) is 0 Å². The molecular formula is C29H27N5OS. The Morgan fingerprint density at radius 2 is 1.64 bits per heavy atom. The predicted octanol–water partition coefficient (Wildman–Crippen LogP) is 5.39. The Labute approximate surface area is 214 Å². The van der Waals surface area contributed by atoms with Gasteiger partial charge < -0.3 is 10.6 Å². The summed E-state index contributed by atoms with van der Waals surface area (Å²) in [6.07, 6.45) is 2.09. The van der Waals surface area contributed by atoms with Crippen molar-refractivity contribution in [1.82, 2.24) is 19.6 Å². The van der Waals surface area contributed by atoms with Crippen LogP contribution >= 0.6 is 11.3 Å². The lowest BCUT2D eigenvalue weighted by Crippen LogP contribution is -2.43. The summed E-state index contributed by atoms with van der Waals surface area (Å²) in [7, 11) is 0. The van der Waals surface area contributed by atoms with Crippen molar-refractivity contribution in [1.29, 1.82) is 0 Å². The molecule has 0 aliphatic carbocycles. The van der Waals surface area contributed by atoms with Gasteiger partial charge in [0.2, 0.25) is 0 Å². The van der Waals surface area contributed by atoms with E-state index in [1.165, 1.54) is 5.69 Å². The van der Waals surface area contributed by atoms with Gasteiger partial charge in [-0.15, -0.1) is 11.3 Å². The van der Waals surface area contributed by atoms with Crippen LogP contribution in [-0.4, -0.2) is 46.4 Å². The number of carbonyl (C=O) groups is 1. The number of nitrogens with zero attached hydrogens (tertiary/aromatic N) is 3. The molecule has 6 nitrogen and oxygen atoms in total. The van der Waals surface area contributed by atoms with E-state index in [0.29, 0.717) is 5.56 Å². The number of hydrogen-bond donors (Lipinski definition) is 2. The minimum Gasteiger partial charge on any atom is -0.321 e. The number of anilines is 1. The van der Waals surface area contributed by atoms with Crippen molar-refractivity contribution in [3.8, 4) is 22.4 Å². The van der Waals surface area contributed by atoms with Gasteiger partial charge in [0.1, 0.15) is 0 Å². The molecule has 0 radical (unpaired) electrons. The van der Waals surface area contributed by atoms with Crippen molar-refractivity contribution in [2.45, 2.75) is 6.54 Å². The van der Waals surface area contributed by atoms with Crippen molar-refractivity contribution in [2.75, 3.05) is 31.5 Å². The Bertz CT molecular complexity index is 1480. The summed E-state index contributed by atoms with van der Waals surface area (Å²) in [5.74, 6) is -0.137. The van der Waals surface area contributed by atoms with Crippen LogP contribution in [-0.2, 0) is 6.54 Å². The van der Waals surface area contributed by atoms with Gasteiger partial charge in [-0.25, -0.2) is 4.98 Å². The summed E-state index contributed by atoms with van der Waals surface area (Å²) < 4.78 is 2.18. The highest BCUT2D eigenvalue weighted by Crippen LogP contribution is 2.30. The third kappa shape index (κ3) is 4.68. The second kappa shape index (κ2) is 10.1. The molecule has 7 heteroatoms. The molecule has 0 atom stereocenters. The van der Waals surface area contributed by atoms with E-state index in [4.69, 9.17) is 4.98 Å². The second-order valence-corrected chi connectivity index (χ2v) is 9.81. The van der Waals surface area contributed by atoms with Crippen LogP contribution in [0, 0.1) is 0 Å². The number of nitrogens with one attached hydrogen (secondary N) is 2. The lowest BCUT2D eigenvalue weighted by atomic mass is 10.0. The molecule has 1 amide bonds. The SMILES string of the molecule is O=C(Nc1ccccc1-c1cn2c(CN3CCNCC3)csc2n1)c1ccc(-c2ccccc2)cc1. The zero-order chi connectivity index (χ0) is 24.3. The molecule has 2 aromatic heterocycles. The van der Waals surface area contributed by atoms with Gasteiger partial charge in [0.15, 0.2) is 4.96 Å². The van der Waals surface area contributed by atoms with Gasteiger partial charge in [0.25, 0.3) is 5.91 Å². The van der Waals surface area contributed by atoms with E-state index < -0.39 is 0 Å². The van der Waals surface area contributed by atoms with E-state index in [2.05, 4.69) is 43.6 Å². The summed E-state index contributed by atoms with van der Waals surface area (Å²) >= 11 is 1.66. The van der Waals surface area contributed by atoms with Crippen LogP contribution in [0.3, 0.4) is 0 Å². The van der Waals surface area contributed by atoms with E-state index in [9.17, 15) is 4.79 Å². The number of thiazole rings is 1. The lowest BCUT2D eigenvalue weighted by Gasteiger charge is -2.26. The highest BCUT2D eigenvalue weighted by molar-refractivity contribution is 7.15. The van der Waals surface area contributed by atoms with E-state index in [1.54, 1.807) is 11.3 Å². The average molecular weight is 494 g/mol. The number of amides is 1. The van der Waals surface area contributed by atoms with Gasteiger partial charge in [0.05, 0.1) is 11.4 Å². The average Bonchev–Trinajstić information content (AvgIpc) is 3.52. The van der Waals surface area contributed by atoms with E-state index in [0.717, 1.165) is 65.8 Å². The third-order valence-corrected chi connectivity index (χ3v) is 7.47. The molecule has 3 aromatic carbocycles. The van der Waals surface area contributed by atoms with Crippen LogP contribution in [0.4, 0.5) is 5.69 Å². The monoisotopic (exact) mass is 493 g/mol. The molecule has 0 bridgehead atoms. The number of piperazine rings is 1. The fourth-order valence-electron chi connectivity index (χ4n) is 4.63. The number of aromatic nitrogens is 2. The van der Waals surface area contributed by atoms with Crippen molar-refractivity contribution in [3.63, 3.8) is 0 Å². The van der Waals surface area contributed by atoms with Crippen LogP contribution in [0.15, 0.2) is 90.4 Å². The summed E-state index contributed by atoms with van der Waals surface area (Å²) in [6.45, 7) is 5.09. The Morgan fingerprint density at radius 1 is 0.917 bits per heavy atom. The molecule has 5 aromatic rings. The first-order valence-electron chi connectivity index (χ1n) is 12.2. The largest absolute Gasteiger partial charge is 0.321 e.